The van der Waals surface area contributed by atoms with Crippen LogP contribution in [0, 0.1) is 11.8 Å². The fraction of sp³-hybridized carbons (Fsp3) is 1.00. The van der Waals surface area contributed by atoms with E-state index >= 15 is 0 Å². The Bertz CT molecular complexity index is 543. The van der Waals surface area contributed by atoms with Gasteiger partial charge in [0, 0.05) is 50.3 Å². The van der Waals surface area contributed by atoms with Crippen LogP contribution in [-0.2, 0) is 9.47 Å². The number of hydrogen-bond donors (Lipinski definition) is 2. The van der Waals surface area contributed by atoms with Crippen LogP contribution in [0.4, 0.5) is 0 Å². The maximum atomic E-state index is 8.82. The molecule has 4 saturated heterocycles. The molecule has 0 aromatic carbocycles. The molecule has 0 aromatic heterocycles. The van der Waals surface area contributed by atoms with Gasteiger partial charge in [-0.25, -0.2) is 0 Å². The van der Waals surface area contributed by atoms with Crippen LogP contribution in [0.25, 0.3) is 0 Å². The molecular formula is C30H64N4O4. The summed E-state index contributed by atoms with van der Waals surface area (Å²) in [5.41, 5.74) is 0. The largest absolute Gasteiger partial charge is 0.392 e. The molecule has 2 N–H and O–H groups in total. The van der Waals surface area contributed by atoms with Gasteiger partial charge in [0.1, 0.15) is 12.5 Å². The zero-order chi connectivity index (χ0) is 28.8. The van der Waals surface area contributed by atoms with E-state index in [1.165, 1.54) is 39.0 Å². The summed E-state index contributed by atoms with van der Waals surface area (Å²) in [4.78, 5) is 9.40. The van der Waals surface area contributed by atoms with Crippen LogP contribution in [0.1, 0.15) is 82.1 Å². The van der Waals surface area contributed by atoms with Crippen molar-refractivity contribution in [1.82, 2.24) is 19.6 Å². The van der Waals surface area contributed by atoms with E-state index < -0.39 is 0 Å². The summed E-state index contributed by atoms with van der Waals surface area (Å²) in [5.74, 6) is 1.87. The molecule has 228 valence electrons. The Kier molecular flexibility index (Phi) is 17.8. The van der Waals surface area contributed by atoms with E-state index in [2.05, 4.69) is 88.8 Å². The first-order valence-corrected chi connectivity index (χ1v) is 15.4. The Morgan fingerprint density at radius 2 is 0.921 bits per heavy atom. The van der Waals surface area contributed by atoms with Crippen molar-refractivity contribution in [2.24, 2.45) is 11.8 Å². The average molecular weight is 545 g/mol. The van der Waals surface area contributed by atoms with E-state index in [-0.39, 0.29) is 25.7 Å². The molecule has 0 aliphatic carbocycles. The summed E-state index contributed by atoms with van der Waals surface area (Å²) >= 11 is 0. The lowest BCUT2D eigenvalue weighted by molar-refractivity contribution is -0.0209. The van der Waals surface area contributed by atoms with Crippen LogP contribution < -0.4 is 0 Å². The molecule has 38 heavy (non-hydrogen) atoms. The average Bonchev–Trinajstić information content (AvgIpc) is 3.66. The zero-order valence-electron chi connectivity index (χ0n) is 26.6. The lowest BCUT2D eigenvalue weighted by Gasteiger charge is -2.24. The molecule has 0 amide bonds. The molecular weight excluding hydrogens is 480 g/mol. The Balaban J connectivity index is 0.000000254. The minimum absolute atomic E-state index is 0.0556. The Morgan fingerprint density at radius 1 is 0.579 bits per heavy atom. The minimum Gasteiger partial charge on any atom is -0.392 e. The molecule has 4 aliphatic heterocycles. The summed E-state index contributed by atoms with van der Waals surface area (Å²) in [7, 11) is 0. The van der Waals surface area contributed by atoms with Crippen molar-refractivity contribution in [3.05, 3.63) is 0 Å². The lowest BCUT2D eigenvalue weighted by Crippen LogP contribution is -2.38. The van der Waals surface area contributed by atoms with Crippen LogP contribution in [0.5, 0.6) is 0 Å². The molecule has 0 radical (unpaired) electrons. The molecule has 0 saturated carbocycles. The molecule has 4 atom stereocenters. The second-order valence-corrected chi connectivity index (χ2v) is 12.6. The Labute approximate surface area is 235 Å². The third-order valence-electron chi connectivity index (χ3n) is 8.07. The maximum Gasteiger partial charge on any atom is 0.134 e. The van der Waals surface area contributed by atoms with Gasteiger partial charge < -0.3 is 29.5 Å². The van der Waals surface area contributed by atoms with Crippen molar-refractivity contribution >= 4 is 0 Å². The lowest BCUT2D eigenvalue weighted by atomic mass is 10.2. The van der Waals surface area contributed by atoms with Gasteiger partial charge in [-0.2, -0.15) is 0 Å². The van der Waals surface area contributed by atoms with Crippen LogP contribution in [0.2, 0.25) is 0 Å². The van der Waals surface area contributed by atoms with Crippen LogP contribution >= 0.6 is 0 Å². The standard InChI is InChI=1S/2C8H17N.2C7H15NO2/c2*1-7(2)9-5-4-8(3)6-9;2*1-6(2)8-3-4-10-7(8)5-9/h2*7-8H,4-6H2,1-3H3;2*6-7,9H,3-5H2,1-2H3/t2*8-;2*7-/m1010/s1. The molecule has 4 aliphatic rings. The Morgan fingerprint density at radius 3 is 1.08 bits per heavy atom. The molecule has 0 spiro atoms. The molecule has 0 unspecified atom stereocenters. The van der Waals surface area contributed by atoms with Gasteiger partial charge in [-0.3, -0.25) is 9.80 Å². The highest BCUT2D eigenvalue weighted by Gasteiger charge is 2.27. The van der Waals surface area contributed by atoms with Gasteiger partial charge in [0.2, 0.25) is 0 Å². The molecule has 8 heteroatoms. The topological polar surface area (TPSA) is 71.9 Å². The van der Waals surface area contributed by atoms with Gasteiger partial charge >= 0.3 is 0 Å². The Hall–Kier alpha value is -0.320. The number of likely N-dealkylation sites (tertiary alicyclic amines) is 2. The summed E-state index contributed by atoms with van der Waals surface area (Å²) in [6.45, 7) is 31.1. The molecule has 0 bridgehead atoms. The van der Waals surface area contributed by atoms with Crippen molar-refractivity contribution in [3.63, 3.8) is 0 Å². The first-order chi connectivity index (χ1) is 17.9. The SMILES string of the molecule is CC(C)N1CCO[C@@H]1CO.CC(C)N1CCO[C@H]1CO.CC(C)N1CC[C@@H](C)C1.CC(C)N1CC[C@H](C)C1. The number of aliphatic hydroxyl groups excluding tert-OH is 2. The molecule has 8 nitrogen and oxygen atoms in total. The zero-order valence-corrected chi connectivity index (χ0v) is 26.6. The molecule has 0 aromatic rings. The number of aliphatic hydroxyl groups is 2. The van der Waals surface area contributed by atoms with Crippen molar-refractivity contribution in [2.75, 3.05) is 65.7 Å². The predicted octanol–water partition coefficient (Wildman–Crippen LogP) is 3.56. The third-order valence-corrected chi connectivity index (χ3v) is 8.07. The van der Waals surface area contributed by atoms with Crippen molar-refractivity contribution in [2.45, 2.75) is 119 Å². The summed E-state index contributed by atoms with van der Waals surface area (Å²) in [6.07, 6.45) is 2.69. The summed E-state index contributed by atoms with van der Waals surface area (Å²) < 4.78 is 10.5. The summed E-state index contributed by atoms with van der Waals surface area (Å²) in [6, 6.07) is 2.46. The van der Waals surface area contributed by atoms with Gasteiger partial charge in [0.25, 0.3) is 0 Å². The highest BCUT2D eigenvalue weighted by molar-refractivity contribution is 4.75. The van der Waals surface area contributed by atoms with E-state index in [0.29, 0.717) is 12.1 Å². The molecule has 4 heterocycles. The molecule has 4 rings (SSSR count). The van der Waals surface area contributed by atoms with Gasteiger partial charge in [0.05, 0.1) is 26.4 Å². The number of nitrogens with zero attached hydrogens (tertiary/aromatic N) is 4. The predicted molar refractivity (Wildman–Crippen MR) is 158 cm³/mol. The van der Waals surface area contributed by atoms with Crippen molar-refractivity contribution < 1.29 is 19.7 Å². The normalized spacial score (nSPS) is 29.1. The number of rotatable bonds is 6. The maximum absolute atomic E-state index is 8.82. The second kappa shape index (κ2) is 18.9. The first-order valence-electron chi connectivity index (χ1n) is 15.4. The van der Waals surface area contributed by atoms with Crippen molar-refractivity contribution in [3.8, 4) is 0 Å². The van der Waals surface area contributed by atoms with E-state index in [4.69, 9.17) is 19.7 Å². The number of hydrogen-bond acceptors (Lipinski definition) is 8. The minimum atomic E-state index is -0.0556. The van der Waals surface area contributed by atoms with E-state index in [1.54, 1.807) is 0 Å². The smallest absolute Gasteiger partial charge is 0.134 e. The van der Waals surface area contributed by atoms with Crippen LogP contribution in [0.15, 0.2) is 0 Å². The van der Waals surface area contributed by atoms with Gasteiger partial charge in [0.15, 0.2) is 0 Å². The van der Waals surface area contributed by atoms with Crippen LogP contribution in [0.3, 0.4) is 0 Å². The van der Waals surface area contributed by atoms with E-state index in [9.17, 15) is 0 Å². The van der Waals surface area contributed by atoms with Gasteiger partial charge in [-0.1, -0.05) is 13.8 Å². The third kappa shape index (κ3) is 12.9. The second-order valence-electron chi connectivity index (χ2n) is 12.6. The van der Waals surface area contributed by atoms with Gasteiger partial charge in [-0.15, -0.1) is 0 Å². The molecule has 4 fully saturated rings. The highest BCUT2D eigenvalue weighted by Crippen LogP contribution is 2.18. The van der Waals surface area contributed by atoms with Gasteiger partial charge in [-0.05, 0) is 93.2 Å². The van der Waals surface area contributed by atoms with Crippen LogP contribution in [-0.4, -0.2) is 132 Å². The van der Waals surface area contributed by atoms with Crippen molar-refractivity contribution in [1.29, 1.82) is 0 Å². The summed E-state index contributed by atoms with van der Waals surface area (Å²) in [5, 5.41) is 17.6. The fourth-order valence-electron chi connectivity index (χ4n) is 5.44. The van der Waals surface area contributed by atoms with E-state index in [0.717, 1.165) is 50.2 Å². The first kappa shape index (κ1) is 35.7. The van der Waals surface area contributed by atoms with E-state index in [1.807, 2.05) is 0 Å². The fourth-order valence-corrected chi connectivity index (χ4v) is 5.44. The number of ether oxygens (including phenoxy) is 2. The monoisotopic (exact) mass is 544 g/mol. The quantitative estimate of drug-likeness (QED) is 0.526. The highest BCUT2D eigenvalue weighted by atomic mass is 16.5.